The molecule has 1 fully saturated rings. The average molecular weight is 272 g/mol. The van der Waals surface area contributed by atoms with Gasteiger partial charge in [0.25, 0.3) is 0 Å². The van der Waals surface area contributed by atoms with Gasteiger partial charge in [0, 0.05) is 18.3 Å². The Morgan fingerprint density at radius 3 is 2.55 bits per heavy atom. The maximum atomic E-state index is 4.01. The normalized spacial score (nSPS) is 20.4. The van der Waals surface area contributed by atoms with Gasteiger partial charge in [-0.25, -0.2) is 0 Å². The van der Waals surface area contributed by atoms with Crippen molar-refractivity contribution in [1.82, 2.24) is 4.90 Å². The lowest BCUT2D eigenvalue weighted by Crippen LogP contribution is -2.36. The molecule has 1 unspecified atom stereocenters. The van der Waals surface area contributed by atoms with E-state index in [2.05, 4.69) is 61.5 Å². The van der Waals surface area contributed by atoms with Crippen LogP contribution >= 0.6 is 0 Å². The number of anilines is 1. The molecule has 110 valence electrons. The van der Waals surface area contributed by atoms with Crippen molar-refractivity contribution in [2.45, 2.75) is 39.2 Å². The van der Waals surface area contributed by atoms with Crippen LogP contribution in [0.5, 0.6) is 0 Å². The van der Waals surface area contributed by atoms with Crippen LogP contribution < -0.4 is 4.90 Å². The summed E-state index contributed by atoms with van der Waals surface area (Å²) in [7, 11) is 2.24. The van der Waals surface area contributed by atoms with Crippen LogP contribution in [0, 0.1) is 0 Å². The summed E-state index contributed by atoms with van der Waals surface area (Å²) in [5, 5.41) is 0. The fourth-order valence-corrected chi connectivity index (χ4v) is 3.12. The summed E-state index contributed by atoms with van der Waals surface area (Å²) in [6.45, 7) is 11.9. The quantitative estimate of drug-likeness (QED) is 0.816. The van der Waals surface area contributed by atoms with Gasteiger partial charge in [0.2, 0.25) is 0 Å². The predicted molar refractivity (Wildman–Crippen MR) is 89.3 cm³/mol. The van der Waals surface area contributed by atoms with Crippen molar-refractivity contribution < 1.29 is 0 Å². The number of rotatable bonds is 4. The first-order chi connectivity index (χ1) is 9.61. The van der Waals surface area contributed by atoms with Gasteiger partial charge in [-0.2, -0.15) is 0 Å². The van der Waals surface area contributed by atoms with Crippen LogP contribution in [0.15, 0.2) is 30.8 Å². The van der Waals surface area contributed by atoms with E-state index < -0.39 is 0 Å². The van der Waals surface area contributed by atoms with Crippen LogP contribution in [0.1, 0.15) is 38.7 Å². The predicted octanol–water partition coefficient (Wildman–Crippen LogP) is 4.03. The molecule has 2 nitrogen and oxygen atoms in total. The van der Waals surface area contributed by atoms with Crippen molar-refractivity contribution in [1.29, 1.82) is 0 Å². The molecule has 1 aliphatic heterocycles. The summed E-state index contributed by atoms with van der Waals surface area (Å²) < 4.78 is 0. The minimum absolute atomic E-state index is 0.681. The molecule has 1 saturated heterocycles. The SMILES string of the molecule is C=C(C)c1ccc(N(CC)C2CCCN(C)CC2)cc1. The van der Waals surface area contributed by atoms with Crippen molar-refractivity contribution in [3.8, 4) is 0 Å². The van der Waals surface area contributed by atoms with Gasteiger partial charge in [0.1, 0.15) is 0 Å². The first-order valence-corrected chi connectivity index (χ1v) is 7.83. The molecule has 0 amide bonds. The molecular formula is C18H28N2. The number of hydrogen-bond donors (Lipinski definition) is 0. The first-order valence-electron chi connectivity index (χ1n) is 7.83. The minimum atomic E-state index is 0.681. The largest absolute Gasteiger partial charge is 0.369 e. The highest BCUT2D eigenvalue weighted by Crippen LogP contribution is 2.25. The molecule has 0 spiro atoms. The third-order valence-corrected chi connectivity index (χ3v) is 4.39. The molecule has 1 heterocycles. The van der Waals surface area contributed by atoms with E-state index in [1.54, 1.807) is 0 Å². The molecule has 1 atom stereocenters. The fraction of sp³-hybridized carbons (Fsp3) is 0.556. The van der Waals surface area contributed by atoms with E-state index in [4.69, 9.17) is 0 Å². The lowest BCUT2D eigenvalue weighted by molar-refractivity contribution is 0.346. The van der Waals surface area contributed by atoms with Gasteiger partial charge < -0.3 is 9.80 Å². The van der Waals surface area contributed by atoms with Gasteiger partial charge in [-0.15, -0.1) is 0 Å². The molecule has 0 saturated carbocycles. The minimum Gasteiger partial charge on any atom is -0.369 e. The third kappa shape index (κ3) is 3.63. The Hall–Kier alpha value is -1.28. The summed E-state index contributed by atoms with van der Waals surface area (Å²) in [5.41, 5.74) is 3.73. The molecule has 1 aromatic carbocycles. The van der Waals surface area contributed by atoms with Gasteiger partial charge >= 0.3 is 0 Å². The van der Waals surface area contributed by atoms with E-state index in [-0.39, 0.29) is 0 Å². The fourth-order valence-electron chi connectivity index (χ4n) is 3.12. The highest BCUT2D eigenvalue weighted by atomic mass is 15.2. The zero-order valence-corrected chi connectivity index (χ0v) is 13.2. The maximum absolute atomic E-state index is 4.01. The number of likely N-dealkylation sites (tertiary alicyclic amines) is 1. The summed E-state index contributed by atoms with van der Waals surface area (Å²) in [6, 6.07) is 9.58. The van der Waals surface area contributed by atoms with Gasteiger partial charge in [0.05, 0.1) is 0 Å². The second-order valence-electron chi connectivity index (χ2n) is 6.00. The number of nitrogens with zero attached hydrogens (tertiary/aromatic N) is 2. The summed E-state index contributed by atoms with van der Waals surface area (Å²) in [6.07, 6.45) is 3.88. The van der Waals surface area contributed by atoms with Crippen LogP contribution in [-0.4, -0.2) is 37.6 Å². The molecule has 0 radical (unpaired) electrons. The van der Waals surface area contributed by atoms with Gasteiger partial charge in [-0.3, -0.25) is 0 Å². The molecule has 1 aliphatic rings. The van der Waals surface area contributed by atoms with Crippen molar-refractivity contribution in [2.75, 3.05) is 31.6 Å². The Balaban J connectivity index is 2.12. The third-order valence-electron chi connectivity index (χ3n) is 4.39. The van der Waals surface area contributed by atoms with E-state index in [9.17, 15) is 0 Å². The molecular weight excluding hydrogens is 244 g/mol. The Labute approximate surface area is 124 Å². The van der Waals surface area contributed by atoms with Crippen molar-refractivity contribution in [3.63, 3.8) is 0 Å². The van der Waals surface area contributed by atoms with Crippen LogP contribution in [0.3, 0.4) is 0 Å². The highest BCUT2D eigenvalue weighted by Gasteiger charge is 2.20. The van der Waals surface area contributed by atoms with Crippen LogP contribution in [0.2, 0.25) is 0 Å². The van der Waals surface area contributed by atoms with E-state index >= 15 is 0 Å². The molecule has 0 aliphatic carbocycles. The smallest absolute Gasteiger partial charge is 0.0369 e. The summed E-state index contributed by atoms with van der Waals surface area (Å²) in [5.74, 6) is 0. The standard InChI is InChI=1S/C18H28N2/c1-5-20(17-7-6-13-19(4)14-12-17)18-10-8-16(9-11-18)15(2)3/h8-11,17H,2,5-7,12-14H2,1,3-4H3. The second kappa shape index (κ2) is 6.94. The van der Waals surface area contributed by atoms with Gasteiger partial charge in [-0.05, 0) is 70.9 Å². The Kier molecular flexibility index (Phi) is 5.24. The first kappa shape index (κ1) is 15.1. The lowest BCUT2D eigenvalue weighted by atomic mass is 10.0. The van der Waals surface area contributed by atoms with E-state index in [0.717, 1.165) is 12.1 Å². The van der Waals surface area contributed by atoms with E-state index in [0.29, 0.717) is 6.04 Å². The molecule has 1 aromatic rings. The zero-order valence-electron chi connectivity index (χ0n) is 13.2. The zero-order chi connectivity index (χ0) is 14.5. The number of hydrogen-bond acceptors (Lipinski definition) is 2. The highest BCUT2D eigenvalue weighted by molar-refractivity contribution is 5.64. The van der Waals surface area contributed by atoms with E-state index in [1.807, 2.05) is 0 Å². The monoisotopic (exact) mass is 272 g/mol. The van der Waals surface area contributed by atoms with Crippen LogP contribution in [0.4, 0.5) is 5.69 Å². The van der Waals surface area contributed by atoms with Crippen LogP contribution in [-0.2, 0) is 0 Å². The molecule has 20 heavy (non-hydrogen) atoms. The molecule has 2 heteroatoms. The summed E-state index contributed by atoms with van der Waals surface area (Å²) >= 11 is 0. The Morgan fingerprint density at radius 1 is 1.25 bits per heavy atom. The van der Waals surface area contributed by atoms with Crippen molar-refractivity contribution >= 4 is 11.3 Å². The number of allylic oxidation sites excluding steroid dienone is 1. The van der Waals surface area contributed by atoms with Crippen LogP contribution in [0.25, 0.3) is 5.57 Å². The van der Waals surface area contributed by atoms with Gasteiger partial charge in [0.15, 0.2) is 0 Å². The molecule has 2 rings (SSSR count). The Morgan fingerprint density at radius 2 is 1.95 bits per heavy atom. The number of benzene rings is 1. The lowest BCUT2D eigenvalue weighted by Gasteiger charge is -2.32. The van der Waals surface area contributed by atoms with Gasteiger partial charge in [-0.1, -0.05) is 24.3 Å². The Bertz CT molecular complexity index is 435. The molecule has 0 bridgehead atoms. The van der Waals surface area contributed by atoms with Crippen molar-refractivity contribution in [2.24, 2.45) is 0 Å². The summed E-state index contributed by atoms with van der Waals surface area (Å²) in [4.78, 5) is 5.03. The van der Waals surface area contributed by atoms with Crippen molar-refractivity contribution in [3.05, 3.63) is 36.4 Å². The molecule has 0 aromatic heterocycles. The molecule has 0 N–H and O–H groups in total. The topological polar surface area (TPSA) is 6.48 Å². The second-order valence-corrected chi connectivity index (χ2v) is 6.00. The maximum Gasteiger partial charge on any atom is 0.0369 e. The average Bonchev–Trinajstić information content (AvgIpc) is 2.65. The van der Waals surface area contributed by atoms with E-state index in [1.165, 1.54) is 43.6 Å².